The molecule has 1 atom stereocenters. The second-order valence-electron chi connectivity index (χ2n) is 7.11. The van der Waals surface area contributed by atoms with Crippen LogP contribution in [-0.2, 0) is 19.3 Å². The smallest absolute Gasteiger partial charge is 0.416 e. The number of nitrogens with zero attached hydrogens (tertiary/aromatic N) is 2. The van der Waals surface area contributed by atoms with Crippen LogP contribution in [0.4, 0.5) is 13.2 Å². The molecule has 0 saturated heterocycles. The van der Waals surface area contributed by atoms with Crippen LogP contribution in [0.1, 0.15) is 16.7 Å². The standard InChI is InChI=1S/C23H22ClF3N2O2/c24-22-6-2-1-5-18(22)14-29(13-17-4-3-11-28-12-17)15-20(30)16-31-21-9-7-19(8-10-21)23(25,26)27/h1-12,20,30H,13-16H2. The van der Waals surface area contributed by atoms with Crippen molar-refractivity contribution in [3.63, 3.8) is 0 Å². The highest BCUT2D eigenvalue weighted by Crippen LogP contribution is 2.30. The third-order valence-electron chi connectivity index (χ3n) is 4.57. The van der Waals surface area contributed by atoms with Crippen LogP contribution in [0.2, 0.25) is 5.02 Å². The summed E-state index contributed by atoms with van der Waals surface area (Å²) in [6.07, 6.45) is -1.82. The van der Waals surface area contributed by atoms with E-state index in [0.717, 1.165) is 23.3 Å². The molecular weight excluding hydrogens is 429 g/mol. The van der Waals surface area contributed by atoms with E-state index < -0.39 is 17.8 Å². The van der Waals surface area contributed by atoms with Crippen molar-refractivity contribution in [1.82, 2.24) is 9.88 Å². The normalized spacial score (nSPS) is 12.7. The Hall–Kier alpha value is -2.61. The summed E-state index contributed by atoms with van der Waals surface area (Å²) in [6.45, 7) is 1.26. The number of benzene rings is 2. The third-order valence-corrected chi connectivity index (χ3v) is 4.94. The maximum absolute atomic E-state index is 12.7. The van der Waals surface area contributed by atoms with Crippen LogP contribution in [0.3, 0.4) is 0 Å². The first-order chi connectivity index (χ1) is 14.8. The molecule has 1 heterocycles. The molecule has 1 N–H and O–H groups in total. The van der Waals surface area contributed by atoms with Crippen molar-refractivity contribution in [2.24, 2.45) is 0 Å². The minimum Gasteiger partial charge on any atom is -0.491 e. The molecular formula is C23H22ClF3N2O2. The SMILES string of the molecule is OC(COc1ccc(C(F)(F)F)cc1)CN(Cc1cccnc1)Cc1ccccc1Cl. The number of hydrogen-bond donors (Lipinski definition) is 1. The lowest BCUT2D eigenvalue weighted by Crippen LogP contribution is -2.35. The van der Waals surface area contributed by atoms with Gasteiger partial charge in [0.15, 0.2) is 0 Å². The fraction of sp³-hybridized carbons (Fsp3) is 0.261. The number of ether oxygens (including phenoxy) is 1. The molecule has 0 aliphatic carbocycles. The summed E-state index contributed by atoms with van der Waals surface area (Å²) < 4.78 is 43.5. The van der Waals surface area contributed by atoms with Crippen LogP contribution >= 0.6 is 11.6 Å². The lowest BCUT2D eigenvalue weighted by Gasteiger charge is -2.25. The van der Waals surface area contributed by atoms with Crippen LogP contribution in [0.5, 0.6) is 5.75 Å². The summed E-state index contributed by atoms with van der Waals surface area (Å²) in [6, 6.07) is 15.6. The van der Waals surface area contributed by atoms with Crippen LogP contribution in [0.15, 0.2) is 73.1 Å². The Morgan fingerprint density at radius 2 is 1.74 bits per heavy atom. The minimum atomic E-state index is -4.40. The molecule has 4 nitrogen and oxygen atoms in total. The molecule has 8 heteroatoms. The monoisotopic (exact) mass is 450 g/mol. The Balaban J connectivity index is 1.62. The summed E-state index contributed by atoms with van der Waals surface area (Å²) in [5.74, 6) is 0.261. The number of aromatic nitrogens is 1. The molecule has 0 radical (unpaired) electrons. The highest BCUT2D eigenvalue weighted by Gasteiger charge is 2.30. The van der Waals surface area contributed by atoms with Gasteiger partial charge in [0.2, 0.25) is 0 Å². The number of halogens is 4. The van der Waals surface area contributed by atoms with Crippen LogP contribution in [0.25, 0.3) is 0 Å². The molecule has 0 fully saturated rings. The molecule has 0 saturated carbocycles. The van der Waals surface area contributed by atoms with Crippen molar-refractivity contribution < 1.29 is 23.0 Å². The van der Waals surface area contributed by atoms with E-state index in [1.165, 1.54) is 12.1 Å². The molecule has 0 amide bonds. The minimum absolute atomic E-state index is 0.0581. The molecule has 3 aromatic rings. The predicted molar refractivity (Wildman–Crippen MR) is 113 cm³/mol. The quantitative estimate of drug-likeness (QED) is 0.487. The zero-order chi connectivity index (χ0) is 22.3. The van der Waals surface area contributed by atoms with E-state index in [1.54, 1.807) is 12.4 Å². The first-order valence-electron chi connectivity index (χ1n) is 9.64. The van der Waals surface area contributed by atoms with Gasteiger partial charge in [0, 0.05) is 37.1 Å². The molecule has 0 spiro atoms. The molecule has 0 aliphatic heterocycles. The van der Waals surface area contributed by atoms with E-state index in [9.17, 15) is 18.3 Å². The van der Waals surface area contributed by atoms with Gasteiger partial charge in [-0.25, -0.2) is 0 Å². The van der Waals surface area contributed by atoms with Gasteiger partial charge >= 0.3 is 6.18 Å². The summed E-state index contributed by atoms with van der Waals surface area (Å²) in [5.41, 5.74) is 1.15. The fourth-order valence-electron chi connectivity index (χ4n) is 3.09. The average Bonchev–Trinajstić information content (AvgIpc) is 2.74. The molecule has 2 aromatic carbocycles. The number of aliphatic hydroxyl groups excluding tert-OH is 1. The number of pyridine rings is 1. The van der Waals surface area contributed by atoms with Gasteiger partial charge in [-0.2, -0.15) is 13.2 Å². The zero-order valence-corrected chi connectivity index (χ0v) is 17.4. The number of alkyl halides is 3. The van der Waals surface area contributed by atoms with Crippen molar-refractivity contribution >= 4 is 11.6 Å². The Morgan fingerprint density at radius 1 is 1.00 bits per heavy atom. The Morgan fingerprint density at radius 3 is 2.39 bits per heavy atom. The molecule has 0 aliphatic rings. The van der Waals surface area contributed by atoms with E-state index >= 15 is 0 Å². The van der Waals surface area contributed by atoms with E-state index in [0.29, 0.717) is 18.1 Å². The molecule has 1 unspecified atom stereocenters. The first kappa shape index (κ1) is 23.1. The van der Waals surface area contributed by atoms with Crippen LogP contribution < -0.4 is 4.74 Å². The Bertz CT molecular complexity index is 953. The average molecular weight is 451 g/mol. The third kappa shape index (κ3) is 7.24. The van der Waals surface area contributed by atoms with E-state index in [-0.39, 0.29) is 18.9 Å². The molecule has 3 rings (SSSR count). The first-order valence-corrected chi connectivity index (χ1v) is 10.0. The van der Waals surface area contributed by atoms with Gasteiger partial charge in [-0.05, 0) is 47.5 Å². The number of rotatable bonds is 9. The lowest BCUT2D eigenvalue weighted by molar-refractivity contribution is -0.137. The van der Waals surface area contributed by atoms with Gasteiger partial charge in [0.1, 0.15) is 18.5 Å². The zero-order valence-electron chi connectivity index (χ0n) is 16.6. The summed E-state index contributed by atoms with van der Waals surface area (Å²) in [5, 5.41) is 11.1. The Labute approximate surface area is 183 Å². The molecule has 164 valence electrons. The number of aliphatic hydroxyl groups is 1. The maximum atomic E-state index is 12.7. The molecule has 0 bridgehead atoms. The van der Waals surface area contributed by atoms with Gasteiger partial charge < -0.3 is 9.84 Å². The maximum Gasteiger partial charge on any atom is 0.416 e. The van der Waals surface area contributed by atoms with Crippen molar-refractivity contribution in [3.8, 4) is 5.75 Å². The summed E-state index contributed by atoms with van der Waals surface area (Å²) in [4.78, 5) is 6.13. The van der Waals surface area contributed by atoms with Crippen molar-refractivity contribution in [2.45, 2.75) is 25.4 Å². The highest BCUT2D eigenvalue weighted by molar-refractivity contribution is 6.31. The number of hydrogen-bond acceptors (Lipinski definition) is 4. The molecule has 31 heavy (non-hydrogen) atoms. The van der Waals surface area contributed by atoms with E-state index in [1.807, 2.05) is 41.3 Å². The van der Waals surface area contributed by atoms with Gasteiger partial charge in [0.05, 0.1) is 5.56 Å². The van der Waals surface area contributed by atoms with Gasteiger partial charge in [-0.1, -0.05) is 35.9 Å². The van der Waals surface area contributed by atoms with Crippen molar-refractivity contribution in [1.29, 1.82) is 0 Å². The largest absolute Gasteiger partial charge is 0.491 e. The highest BCUT2D eigenvalue weighted by atomic mass is 35.5. The van der Waals surface area contributed by atoms with Gasteiger partial charge in [0.25, 0.3) is 0 Å². The predicted octanol–water partition coefficient (Wildman–Crippen LogP) is 5.20. The van der Waals surface area contributed by atoms with Crippen LogP contribution in [-0.4, -0.2) is 34.2 Å². The lowest BCUT2D eigenvalue weighted by atomic mass is 10.1. The molecule has 1 aromatic heterocycles. The second-order valence-corrected chi connectivity index (χ2v) is 7.52. The van der Waals surface area contributed by atoms with Gasteiger partial charge in [-0.15, -0.1) is 0 Å². The van der Waals surface area contributed by atoms with Crippen molar-refractivity contribution in [3.05, 3.63) is 94.8 Å². The Kier molecular flexibility index (Phi) is 7.90. The van der Waals surface area contributed by atoms with E-state index in [2.05, 4.69) is 4.98 Å². The fourth-order valence-corrected chi connectivity index (χ4v) is 3.28. The second kappa shape index (κ2) is 10.6. The van der Waals surface area contributed by atoms with Crippen LogP contribution in [0, 0.1) is 0 Å². The topological polar surface area (TPSA) is 45.6 Å². The van der Waals surface area contributed by atoms with Gasteiger partial charge in [-0.3, -0.25) is 9.88 Å². The summed E-state index contributed by atoms with van der Waals surface area (Å²) in [7, 11) is 0. The van der Waals surface area contributed by atoms with E-state index in [4.69, 9.17) is 16.3 Å². The summed E-state index contributed by atoms with van der Waals surface area (Å²) >= 11 is 6.29. The van der Waals surface area contributed by atoms with Crippen molar-refractivity contribution in [2.75, 3.05) is 13.2 Å².